The molecule has 2 nitrogen and oxygen atoms in total. The van der Waals surface area contributed by atoms with Gasteiger partial charge in [0.1, 0.15) is 11.5 Å². The highest BCUT2D eigenvalue weighted by Crippen LogP contribution is 2.36. The van der Waals surface area contributed by atoms with Gasteiger partial charge in [0.05, 0.1) is 23.5 Å². The maximum absolute atomic E-state index is 5.38. The minimum atomic E-state index is 0.110. The molecule has 0 aliphatic carbocycles. The van der Waals surface area contributed by atoms with Crippen LogP contribution >= 0.6 is 31.9 Å². The van der Waals surface area contributed by atoms with Crippen LogP contribution in [0.3, 0.4) is 0 Å². The summed E-state index contributed by atoms with van der Waals surface area (Å²) in [6.45, 7) is 2.04. The van der Waals surface area contributed by atoms with Crippen molar-refractivity contribution in [2.45, 2.75) is 11.8 Å². The molecule has 2 aromatic carbocycles. The third-order valence-corrected chi connectivity index (χ3v) is 4.87. The number of aryl methyl sites for hydroxylation is 1. The van der Waals surface area contributed by atoms with Gasteiger partial charge in [0, 0.05) is 0 Å². The molecule has 1 unspecified atom stereocenters. The number of alkyl halides is 1. The standard InChI is InChI=1S/C16H16Br2O2/c1-10-4-5-12(9-15(10)20-3)16(18)11-6-7-14(19-2)13(17)8-11/h4-9,16H,1-3H3. The smallest absolute Gasteiger partial charge is 0.133 e. The van der Waals surface area contributed by atoms with Crippen molar-refractivity contribution in [1.29, 1.82) is 0 Å². The van der Waals surface area contributed by atoms with Crippen molar-refractivity contribution in [3.8, 4) is 11.5 Å². The van der Waals surface area contributed by atoms with Gasteiger partial charge in [0.15, 0.2) is 0 Å². The summed E-state index contributed by atoms with van der Waals surface area (Å²) >= 11 is 7.26. The highest BCUT2D eigenvalue weighted by atomic mass is 79.9. The Kier molecular flexibility index (Phi) is 5.11. The number of halogens is 2. The van der Waals surface area contributed by atoms with Gasteiger partial charge in [-0.05, 0) is 57.7 Å². The Balaban J connectivity index is 2.35. The fraction of sp³-hybridized carbons (Fsp3) is 0.250. The number of methoxy groups -OCH3 is 2. The molecule has 0 N–H and O–H groups in total. The van der Waals surface area contributed by atoms with E-state index in [2.05, 4.69) is 62.2 Å². The Labute approximate surface area is 136 Å². The monoisotopic (exact) mass is 398 g/mol. The molecule has 4 heteroatoms. The number of ether oxygens (including phenoxy) is 2. The second kappa shape index (κ2) is 6.64. The average Bonchev–Trinajstić information content (AvgIpc) is 2.47. The zero-order chi connectivity index (χ0) is 14.7. The summed E-state index contributed by atoms with van der Waals surface area (Å²) in [6, 6.07) is 12.3. The maximum Gasteiger partial charge on any atom is 0.133 e. The molecule has 0 saturated heterocycles. The van der Waals surface area contributed by atoms with Crippen molar-refractivity contribution < 1.29 is 9.47 Å². The second-order valence-corrected chi connectivity index (χ2v) is 6.26. The summed E-state index contributed by atoms with van der Waals surface area (Å²) in [6.07, 6.45) is 0. The quantitative estimate of drug-likeness (QED) is 0.653. The van der Waals surface area contributed by atoms with Gasteiger partial charge >= 0.3 is 0 Å². The molecule has 0 bridgehead atoms. The summed E-state index contributed by atoms with van der Waals surface area (Å²) in [5.41, 5.74) is 3.44. The Morgan fingerprint density at radius 2 is 1.50 bits per heavy atom. The van der Waals surface area contributed by atoms with Gasteiger partial charge in [-0.15, -0.1) is 0 Å². The molecular weight excluding hydrogens is 384 g/mol. The fourth-order valence-electron chi connectivity index (χ4n) is 2.03. The molecule has 106 valence electrons. The summed E-state index contributed by atoms with van der Waals surface area (Å²) in [5, 5.41) is 0. The zero-order valence-electron chi connectivity index (χ0n) is 11.6. The molecule has 2 aromatic rings. The van der Waals surface area contributed by atoms with Crippen LogP contribution < -0.4 is 9.47 Å². The Hall–Kier alpha value is -1.00. The summed E-state index contributed by atoms with van der Waals surface area (Å²) in [5.74, 6) is 1.73. The predicted molar refractivity (Wildman–Crippen MR) is 89.2 cm³/mol. The zero-order valence-corrected chi connectivity index (χ0v) is 14.8. The first-order chi connectivity index (χ1) is 9.56. The summed E-state index contributed by atoms with van der Waals surface area (Å²) in [4.78, 5) is 0.110. The highest BCUT2D eigenvalue weighted by molar-refractivity contribution is 9.10. The molecule has 0 aliphatic rings. The lowest BCUT2D eigenvalue weighted by Gasteiger charge is -2.14. The molecule has 0 aromatic heterocycles. The van der Waals surface area contributed by atoms with Gasteiger partial charge in [-0.1, -0.05) is 34.1 Å². The van der Waals surface area contributed by atoms with E-state index < -0.39 is 0 Å². The van der Waals surface area contributed by atoms with Crippen LogP contribution in [0.15, 0.2) is 40.9 Å². The largest absolute Gasteiger partial charge is 0.496 e. The van der Waals surface area contributed by atoms with Crippen molar-refractivity contribution in [2.24, 2.45) is 0 Å². The van der Waals surface area contributed by atoms with E-state index in [0.29, 0.717) is 0 Å². The SMILES string of the molecule is COc1cc(C(Br)c2ccc(OC)c(Br)c2)ccc1C. The number of benzene rings is 2. The normalized spacial score (nSPS) is 12.1. The van der Waals surface area contributed by atoms with E-state index in [-0.39, 0.29) is 4.83 Å². The van der Waals surface area contributed by atoms with Crippen LogP contribution in [0, 0.1) is 6.92 Å². The fourth-order valence-corrected chi connectivity index (χ4v) is 3.15. The van der Waals surface area contributed by atoms with E-state index in [1.165, 1.54) is 0 Å². The van der Waals surface area contributed by atoms with Crippen molar-refractivity contribution in [2.75, 3.05) is 14.2 Å². The van der Waals surface area contributed by atoms with Crippen molar-refractivity contribution in [1.82, 2.24) is 0 Å². The molecule has 0 spiro atoms. The minimum absolute atomic E-state index is 0.110. The Morgan fingerprint density at radius 1 is 0.900 bits per heavy atom. The first-order valence-electron chi connectivity index (χ1n) is 6.19. The van der Waals surface area contributed by atoms with Gasteiger partial charge in [-0.3, -0.25) is 0 Å². The van der Waals surface area contributed by atoms with E-state index in [0.717, 1.165) is 32.7 Å². The van der Waals surface area contributed by atoms with Crippen LogP contribution in [0.5, 0.6) is 11.5 Å². The Morgan fingerprint density at radius 3 is 2.10 bits per heavy atom. The maximum atomic E-state index is 5.38. The van der Waals surface area contributed by atoms with Gasteiger partial charge in [0.2, 0.25) is 0 Å². The first-order valence-corrected chi connectivity index (χ1v) is 7.89. The molecule has 20 heavy (non-hydrogen) atoms. The average molecular weight is 400 g/mol. The van der Waals surface area contributed by atoms with Crippen LogP contribution in [0.1, 0.15) is 21.5 Å². The first kappa shape index (κ1) is 15.4. The molecule has 0 radical (unpaired) electrons. The van der Waals surface area contributed by atoms with Crippen LogP contribution in [-0.2, 0) is 0 Å². The number of hydrogen-bond donors (Lipinski definition) is 0. The summed E-state index contributed by atoms with van der Waals surface area (Å²) < 4.78 is 11.6. The lowest BCUT2D eigenvalue weighted by molar-refractivity contribution is 0.411. The van der Waals surface area contributed by atoms with Gasteiger partial charge < -0.3 is 9.47 Å². The molecule has 0 fully saturated rings. The van der Waals surface area contributed by atoms with Crippen molar-refractivity contribution >= 4 is 31.9 Å². The predicted octanol–water partition coefficient (Wildman–Crippen LogP) is 5.26. The number of rotatable bonds is 4. The highest BCUT2D eigenvalue weighted by Gasteiger charge is 2.14. The van der Waals surface area contributed by atoms with E-state index in [4.69, 9.17) is 9.47 Å². The van der Waals surface area contributed by atoms with E-state index >= 15 is 0 Å². The lowest BCUT2D eigenvalue weighted by Crippen LogP contribution is -1.96. The van der Waals surface area contributed by atoms with E-state index in [1.54, 1.807) is 14.2 Å². The second-order valence-electron chi connectivity index (χ2n) is 4.49. The molecular formula is C16H16Br2O2. The number of hydrogen-bond acceptors (Lipinski definition) is 2. The molecule has 2 rings (SSSR count). The molecule has 0 heterocycles. The Bertz CT molecular complexity index is 611. The van der Waals surface area contributed by atoms with Gasteiger partial charge in [-0.2, -0.15) is 0 Å². The molecule has 0 aliphatic heterocycles. The van der Waals surface area contributed by atoms with Gasteiger partial charge in [-0.25, -0.2) is 0 Å². The van der Waals surface area contributed by atoms with Crippen molar-refractivity contribution in [3.05, 3.63) is 57.6 Å². The minimum Gasteiger partial charge on any atom is -0.496 e. The van der Waals surface area contributed by atoms with E-state index in [1.807, 2.05) is 13.0 Å². The topological polar surface area (TPSA) is 18.5 Å². The molecule has 0 amide bonds. The van der Waals surface area contributed by atoms with Crippen molar-refractivity contribution in [3.63, 3.8) is 0 Å². The molecule has 1 atom stereocenters. The van der Waals surface area contributed by atoms with E-state index in [9.17, 15) is 0 Å². The summed E-state index contributed by atoms with van der Waals surface area (Å²) in [7, 11) is 3.36. The van der Waals surface area contributed by atoms with Crippen LogP contribution in [0.4, 0.5) is 0 Å². The van der Waals surface area contributed by atoms with Crippen LogP contribution in [0.25, 0.3) is 0 Å². The van der Waals surface area contributed by atoms with Gasteiger partial charge in [0.25, 0.3) is 0 Å². The molecule has 0 saturated carbocycles. The van der Waals surface area contributed by atoms with Crippen LogP contribution in [-0.4, -0.2) is 14.2 Å². The third-order valence-electron chi connectivity index (χ3n) is 3.19. The van der Waals surface area contributed by atoms with Crippen LogP contribution in [0.2, 0.25) is 0 Å². The third kappa shape index (κ3) is 3.18. The lowest BCUT2D eigenvalue weighted by atomic mass is 10.0.